The van der Waals surface area contributed by atoms with Gasteiger partial charge in [0.15, 0.2) is 0 Å². The topological polar surface area (TPSA) is 39.9 Å². The van der Waals surface area contributed by atoms with Crippen molar-refractivity contribution in [3.8, 4) is 6.07 Å². The molecule has 0 aliphatic heterocycles. The van der Waals surface area contributed by atoms with Gasteiger partial charge in [0, 0.05) is 19.3 Å². The maximum atomic E-state index is 9.22. The Labute approximate surface area is 104 Å². The van der Waals surface area contributed by atoms with Gasteiger partial charge in [0.05, 0.1) is 5.56 Å². The lowest BCUT2D eigenvalue weighted by atomic mass is 9.87. The minimum Gasteiger partial charge on any atom is -0.355 e. The third kappa shape index (κ3) is 2.76. The molecule has 1 aromatic heterocycles. The van der Waals surface area contributed by atoms with Gasteiger partial charge in [0.1, 0.15) is 11.9 Å². The van der Waals surface area contributed by atoms with Crippen LogP contribution in [0.15, 0.2) is 12.3 Å². The Balaban J connectivity index is 3.18. The molecule has 0 N–H and O–H groups in total. The molecule has 0 aliphatic carbocycles. The molecule has 0 fully saturated rings. The molecule has 0 bridgehead atoms. The van der Waals surface area contributed by atoms with Crippen molar-refractivity contribution >= 4 is 5.82 Å². The fourth-order valence-electron chi connectivity index (χ4n) is 1.71. The Morgan fingerprint density at radius 1 is 1.41 bits per heavy atom. The first kappa shape index (κ1) is 13.5. The molecule has 0 spiro atoms. The Morgan fingerprint density at radius 3 is 2.47 bits per heavy atom. The summed E-state index contributed by atoms with van der Waals surface area (Å²) in [6.45, 7) is 10.7. The molecular weight excluding hydrogens is 210 g/mol. The Kier molecular flexibility index (Phi) is 3.77. The van der Waals surface area contributed by atoms with Gasteiger partial charge < -0.3 is 4.90 Å². The van der Waals surface area contributed by atoms with Gasteiger partial charge in [-0.05, 0) is 30.9 Å². The van der Waals surface area contributed by atoms with Gasteiger partial charge in [0.25, 0.3) is 0 Å². The molecule has 92 valence electrons. The molecule has 1 rings (SSSR count). The second kappa shape index (κ2) is 4.75. The van der Waals surface area contributed by atoms with Crippen LogP contribution in [0, 0.1) is 23.7 Å². The van der Waals surface area contributed by atoms with Crippen LogP contribution in [0.4, 0.5) is 5.82 Å². The number of hydrogen-bond acceptors (Lipinski definition) is 3. The van der Waals surface area contributed by atoms with Crippen molar-refractivity contribution in [1.29, 1.82) is 5.26 Å². The van der Waals surface area contributed by atoms with Gasteiger partial charge in [-0.25, -0.2) is 4.98 Å². The third-order valence-electron chi connectivity index (χ3n) is 3.42. The first-order chi connectivity index (χ1) is 7.79. The molecule has 1 aromatic rings. The van der Waals surface area contributed by atoms with Crippen molar-refractivity contribution in [3.63, 3.8) is 0 Å². The normalized spacial score (nSPS) is 13.0. The van der Waals surface area contributed by atoms with Gasteiger partial charge in [-0.15, -0.1) is 0 Å². The zero-order chi connectivity index (χ0) is 13.2. The van der Waals surface area contributed by atoms with Crippen LogP contribution >= 0.6 is 0 Å². The molecule has 3 heteroatoms. The van der Waals surface area contributed by atoms with Crippen molar-refractivity contribution in [2.45, 2.75) is 40.7 Å². The van der Waals surface area contributed by atoms with Gasteiger partial charge >= 0.3 is 0 Å². The predicted molar refractivity (Wildman–Crippen MR) is 71.0 cm³/mol. The third-order valence-corrected chi connectivity index (χ3v) is 3.42. The van der Waals surface area contributed by atoms with E-state index in [1.54, 1.807) is 6.20 Å². The highest BCUT2D eigenvalue weighted by molar-refractivity contribution is 5.57. The monoisotopic (exact) mass is 231 g/mol. The fraction of sp³-hybridized carbons (Fsp3) is 0.571. The van der Waals surface area contributed by atoms with E-state index in [-0.39, 0.29) is 5.41 Å². The summed E-state index contributed by atoms with van der Waals surface area (Å²) in [5.41, 5.74) is 1.80. The average Bonchev–Trinajstić information content (AvgIpc) is 2.25. The highest BCUT2D eigenvalue weighted by Crippen LogP contribution is 2.28. The Morgan fingerprint density at radius 2 is 2.00 bits per heavy atom. The van der Waals surface area contributed by atoms with E-state index in [1.807, 2.05) is 20.0 Å². The largest absolute Gasteiger partial charge is 0.355 e. The molecule has 17 heavy (non-hydrogen) atoms. The summed E-state index contributed by atoms with van der Waals surface area (Å²) in [7, 11) is 2.00. The maximum Gasteiger partial charge on any atom is 0.146 e. The van der Waals surface area contributed by atoms with Gasteiger partial charge in [-0.1, -0.05) is 20.8 Å². The minimum absolute atomic E-state index is 0.146. The number of aromatic nitrogens is 1. The van der Waals surface area contributed by atoms with Crippen LogP contribution < -0.4 is 4.90 Å². The summed E-state index contributed by atoms with van der Waals surface area (Å²) >= 11 is 0. The number of pyridine rings is 1. The van der Waals surface area contributed by atoms with Crippen molar-refractivity contribution in [1.82, 2.24) is 4.98 Å². The van der Waals surface area contributed by atoms with Crippen LogP contribution in [-0.4, -0.2) is 18.1 Å². The van der Waals surface area contributed by atoms with Crippen LogP contribution in [0.5, 0.6) is 0 Å². The summed E-state index contributed by atoms with van der Waals surface area (Å²) in [6.07, 6.45) is 1.76. The minimum atomic E-state index is 0.146. The number of hydrogen-bond donors (Lipinski definition) is 0. The number of aryl methyl sites for hydroxylation is 1. The molecule has 0 saturated carbocycles. The smallest absolute Gasteiger partial charge is 0.146 e. The van der Waals surface area contributed by atoms with Crippen molar-refractivity contribution in [2.24, 2.45) is 5.41 Å². The predicted octanol–water partition coefficient (Wildman–Crippen LogP) is 3.13. The van der Waals surface area contributed by atoms with Crippen LogP contribution in [0.2, 0.25) is 0 Å². The molecular formula is C14H21N3. The zero-order valence-corrected chi connectivity index (χ0v) is 11.6. The van der Waals surface area contributed by atoms with E-state index in [9.17, 15) is 5.26 Å². The standard InChI is InChI=1S/C14H21N3/c1-10-7-8-16-13(12(10)9-15)17(6)11(2)14(3,4)5/h7-8,11H,1-6H3. The average molecular weight is 231 g/mol. The number of nitrogens with zero attached hydrogens (tertiary/aromatic N) is 3. The molecule has 3 nitrogen and oxygen atoms in total. The van der Waals surface area contributed by atoms with E-state index in [1.165, 1.54) is 0 Å². The highest BCUT2D eigenvalue weighted by Gasteiger charge is 2.26. The van der Waals surface area contributed by atoms with Crippen LogP contribution in [0.3, 0.4) is 0 Å². The Hall–Kier alpha value is -1.56. The lowest BCUT2D eigenvalue weighted by molar-refractivity contribution is 0.328. The molecule has 1 heterocycles. The molecule has 0 saturated heterocycles. The van der Waals surface area contributed by atoms with E-state index < -0.39 is 0 Å². The van der Waals surface area contributed by atoms with E-state index in [2.05, 4.69) is 43.6 Å². The van der Waals surface area contributed by atoms with Gasteiger partial charge in [0.2, 0.25) is 0 Å². The van der Waals surface area contributed by atoms with Crippen LogP contribution in [-0.2, 0) is 0 Å². The van der Waals surface area contributed by atoms with Crippen LogP contribution in [0.25, 0.3) is 0 Å². The summed E-state index contributed by atoms with van der Waals surface area (Å²) in [5, 5.41) is 9.22. The van der Waals surface area contributed by atoms with Crippen molar-refractivity contribution in [3.05, 3.63) is 23.4 Å². The molecule has 1 unspecified atom stereocenters. The second-order valence-electron chi connectivity index (χ2n) is 5.59. The van der Waals surface area contributed by atoms with Gasteiger partial charge in [-0.3, -0.25) is 0 Å². The lowest BCUT2D eigenvalue weighted by Gasteiger charge is -2.36. The van der Waals surface area contributed by atoms with Crippen molar-refractivity contribution < 1.29 is 0 Å². The highest BCUT2D eigenvalue weighted by atomic mass is 15.2. The Bertz CT molecular complexity index is 438. The first-order valence-corrected chi connectivity index (χ1v) is 5.87. The fourth-order valence-corrected chi connectivity index (χ4v) is 1.71. The number of rotatable bonds is 2. The zero-order valence-electron chi connectivity index (χ0n) is 11.6. The summed E-state index contributed by atoms with van der Waals surface area (Å²) in [6, 6.07) is 4.43. The number of nitriles is 1. The second-order valence-corrected chi connectivity index (χ2v) is 5.59. The van der Waals surface area contributed by atoms with Crippen molar-refractivity contribution in [2.75, 3.05) is 11.9 Å². The van der Waals surface area contributed by atoms with E-state index in [0.717, 1.165) is 11.4 Å². The van der Waals surface area contributed by atoms with Crippen LogP contribution in [0.1, 0.15) is 38.8 Å². The van der Waals surface area contributed by atoms with Gasteiger partial charge in [-0.2, -0.15) is 5.26 Å². The molecule has 0 amide bonds. The SMILES string of the molecule is Cc1ccnc(N(C)C(C)C(C)(C)C)c1C#N. The molecule has 0 aliphatic rings. The quantitative estimate of drug-likeness (QED) is 0.785. The summed E-state index contributed by atoms with van der Waals surface area (Å²) in [5.74, 6) is 0.773. The summed E-state index contributed by atoms with van der Waals surface area (Å²) < 4.78 is 0. The maximum absolute atomic E-state index is 9.22. The lowest BCUT2D eigenvalue weighted by Crippen LogP contribution is -2.40. The molecule has 0 radical (unpaired) electrons. The van der Waals surface area contributed by atoms with E-state index in [0.29, 0.717) is 11.6 Å². The molecule has 1 atom stereocenters. The van der Waals surface area contributed by atoms with E-state index >= 15 is 0 Å². The van der Waals surface area contributed by atoms with E-state index in [4.69, 9.17) is 0 Å². The molecule has 0 aromatic carbocycles. The number of anilines is 1. The summed E-state index contributed by atoms with van der Waals surface area (Å²) in [4.78, 5) is 6.44. The first-order valence-electron chi connectivity index (χ1n) is 5.87.